The first-order valence-corrected chi connectivity index (χ1v) is 9.19. The van der Waals surface area contributed by atoms with Gasteiger partial charge in [0, 0.05) is 30.7 Å². The van der Waals surface area contributed by atoms with E-state index in [0.29, 0.717) is 11.3 Å². The second-order valence-corrected chi connectivity index (χ2v) is 7.55. The molecular formula is C15H16FN4PS2. The molecule has 0 radical (unpaired) electrons. The van der Waals surface area contributed by atoms with E-state index < -0.39 is 0 Å². The van der Waals surface area contributed by atoms with Crippen LogP contribution < -0.4 is 15.9 Å². The van der Waals surface area contributed by atoms with Crippen molar-refractivity contribution in [1.82, 2.24) is 9.97 Å². The third kappa shape index (κ3) is 3.09. The van der Waals surface area contributed by atoms with Crippen LogP contribution in [0.15, 0.2) is 17.5 Å². The van der Waals surface area contributed by atoms with Gasteiger partial charge in [0.25, 0.3) is 0 Å². The molecule has 0 aliphatic rings. The fourth-order valence-electron chi connectivity index (χ4n) is 2.24. The molecule has 23 heavy (non-hydrogen) atoms. The molecule has 1 atom stereocenters. The topological polar surface area (TPSA) is 49.8 Å². The van der Waals surface area contributed by atoms with Gasteiger partial charge in [-0.05, 0) is 24.4 Å². The molecule has 1 unspecified atom stereocenters. The van der Waals surface area contributed by atoms with Gasteiger partial charge in [-0.3, -0.25) is 0 Å². The molecule has 2 heterocycles. The van der Waals surface area contributed by atoms with Gasteiger partial charge in [-0.25, -0.2) is 14.4 Å². The number of anilines is 2. The summed E-state index contributed by atoms with van der Waals surface area (Å²) in [5.74, 6) is 0.533. The Balaban J connectivity index is 2.05. The molecule has 0 amide bonds. The zero-order valence-electron chi connectivity index (χ0n) is 12.9. The van der Waals surface area contributed by atoms with E-state index in [-0.39, 0.29) is 5.82 Å². The second kappa shape index (κ2) is 6.51. The molecule has 3 aromatic rings. The van der Waals surface area contributed by atoms with Gasteiger partial charge < -0.3 is 10.6 Å². The van der Waals surface area contributed by atoms with Crippen molar-refractivity contribution in [3.8, 4) is 21.1 Å². The number of rotatable bonds is 4. The number of halogens is 1. The van der Waals surface area contributed by atoms with Crippen molar-refractivity contribution in [3.05, 3.63) is 28.3 Å². The van der Waals surface area contributed by atoms with Gasteiger partial charge in [-0.15, -0.1) is 31.9 Å². The van der Waals surface area contributed by atoms with Crippen LogP contribution in [0.2, 0.25) is 0 Å². The standard InChI is InChI=1S/C15H16FN4PS2/c1-7-19-14(18-3)13(23-7)15-20-11(6-22-15)8-4-10(17-2)12(21)5-9(8)16/h4-6,17-18H,21H2,1-3H3. The normalized spacial score (nSPS) is 10.8. The van der Waals surface area contributed by atoms with Crippen molar-refractivity contribution < 1.29 is 4.39 Å². The molecule has 0 saturated carbocycles. The Hall–Kier alpha value is -1.56. The summed E-state index contributed by atoms with van der Waals surface area (Å²) in [5.41, 5.74) is 2.00. The third-order valence-electron chi connectivity index (χ3n) is 3.35. The van der Waals surface area contributed by atoms with Crippen LogP contribution in [0.4, 0.5) is 15.9 Å². The van der Waals surface area contributed by atoms with E-state index in [2.05, 4.69) is 29.8 Å². The van der Waals surface area contributed by atoms with E-state index in [1.54, 1.807) is 17.4 Å². The van der Waals surface area contributed by atoms with Crippen molar-refractivity contribution in [3.63, 3.8) is 0 Å². The number of benzene rings is 1. The third-order valence-corrected chi connectivity index (χ3v) is 5.80. The van der Waals surface area contributed by atoms with E-state index in [4.69, 9.17) is 0 Å². The summed E-state index contributed by atoms with van der Waals surface area (Å²) < 4.78 is 14.3. The summed E-state index contributed by atoms with van der Waals surface area (Å²) in [5, 5.41) is 10.6. The summed E-state index contributed by atoms with van der Waals surface area (Å²) in [6.45, 7) is 1.96. The van der Waals surface area contributed by atoms with Crippen LogP contribution in [0.1, 0.15) is 5.01 Å². The summed E-state index contributed by atoms with van der Waals surface area (Å²) in [6, 6.07) is 3.29. The van der Waals surface area contributed by atoms with Gasteiger partial charge in [0.2, 0.25) is 0 Å². The van der Waals surface area contributed by atoms with Crippen molar-refractivity contribution in [2.24, 2.45) is 0 Å². The predicted octanol–water partition coefficient (Wildman–Crippen LogP) is 3.96. The molecule has 120 valence electrons. The number of thiazole rings is 2. The zero-order valence-corrected chi connectivity index (χ0v) is 15.7. The molecule has 4 nitrogen and oxygen atoms in total. The number of hydrogen-bond donors (Lipinski definition) is 2. The van der Waals surface area contributed by atoms with Gasteiger partial charge in [0.1, 0.15) is 21.5 Å². The monoisotopic (exact) mass is 366 g/mol. The first kappa shape index (κ1) is 16.3. The number of hydrogen-bond acceptors (Lipinski definition) is 6. The Morgan fingerprint density at radius 2 is 1.96 bits per heavy atom. The summed E-state index contributed by atoms with van der Waals surface area (Å²) >= 11 is 3.07. The van der Waals surface area contributed by atoms with Crippen molar-refractivity contribution in [2.75, 3.05) is 24.7 Å². The molecule has 0 aliphatic heterocycles. The lowest BCUT2D eigenvalue weighted by molar-refractivity contribution is 0.632. The molecule has 2 aromatic heterocycles. The Morgan fingerprint density at radius 3 is 2.65 bits per heavy atom. The summed E-state index contributed by atoms with van der Waals surface area (Å²) in [4.78, 5) is 10.0. The van der Waals surface area contributed by atoms with Crippen LogP contribution in [0.25, 0.3) is 21.1 Å². The minimum absolute atomic E-state index is 0.278. The number of nitrogens with zero attached hydrogens (tertiary/aromatic N) is 2. The molecular weight excluding hydrogens is 350 g/mol. The maximum atomic E-state index is 14.3. The van der Waals surface area contributed by atoms with E-state index in [0.717, 1.165) is 31.7 Å². The van der Waals surface area contributed by atoms with Gasteiger partial charge in [-0.1, -0.05) is 0 Å². The maximum absolute atomic E-state index is 14.3. The minimum atomic E-state index is -0.278. The molecule has 0 aliphatic carbocycles. The largest absolute Gasteiger partial charge is 0.388 e. The van der Waals surface area contributed by atoms with Crippen molar-refractivity contribution in [1.29, 1.82) is 0 Å². The van der Waals surface area contributed by atoms with E-state index in [1.165, 1.54) is 17.4 Å². The average molecular weight is 366 g/mol. The van der Waals surface area contributed by atoms with Crippen LogP contribution in [0.5, 0.6) is 0 Å². The minimum Gasteiger partial charge on any atom is -0.388 e. The van der Waals surface area contributed by atoms with Gasteiger partial charge in [-0.2, -0.15) is 0 Å². The Morgan fingerprint density at radius 1 is 1.17 bits per heavy atom. The highest BCUT2D eigenvalue weighted by Gasteiger charge is 2.17. The maximum Gasteiger partial charge on any atom is 0.147 e. The first-order chi connectivity index (χ1) is 11.0. The Kier molecular flexibility index (Phi) is 4.62. The van der Waals surface area contributed by atoms with Crippen molar-refractivity contribution >= 4 is 48.7 Å². The van der Waals surface area contributed by atoms with Gasteiger partial charge in [0.05, 0.1) is 10.7 Å². The molecule has 3 rings (SSSR count). The lowest BCUT2D eigenvalue weighted by Crippen LogP contribution is -2.04. The average Bonchev–Trinajstić information content (AvgIpc) is 3.13. The Bertz CT molecular complexity index is 859. The van der Waals surface area contributed by atoms with Crippen LogP contribution in [0, 0.1) is 12.7 Å². The lowest BCUT2D eigenvalue weighted by atomic mass is 10.1. The molecule has 1 aromatic carbocycles. The number of nitrogens with one attached hydrogen (secondary N) is 2. The molecule has 0 spiro atoms. The highest BCUT2D eigenvalue weighted by molar-refractivity contribution is 7.28. The molecule has 0 fully saturated rings. The predicted molar refractivity (Wildman–Crippen MR) is 102 cm³/mol. The fourth-order valence-corrected chi connectivity index (χ4v) is 4.46. The Labute approximate surface area is 144 Å². The van der Waals surface area contributed by atoms with Crippen LogP contribution >= 0.6 is 31.9 Å². The van der Waals surface area contributed by atoms with Crippen LogP contribution in [-0.4, -0.2) is 24.1 Å². The number of aryl methyl sites for hydroxylation is 1. The number of aromatic nitrogens is 2. The van der Waals surface area contributed by atoms with E-state index >= 15 is 0 Å². The molecule has 0 bridgehead atoms. The smallest absolute Gasteiger partial charge is 0.147 e. The van der Waals surface area contributed by atoms with Gasteiger partial charge >= 0.3 is 0 Å². The molecule has 2 N–H and O–H groups in total. The highest BCUT2D eigenvalue weighted by atomic mass is 32.1. The van der Waals surface area contributed by atoms with E-state index in [1.807, 2.05) is 26.4 Å². The molecule has 8 heteroatoms. The SMILES string of the molecule is CNc1cc(-c2csc(-c3sc(C)nc3NC)n2)c(F)cc1P. The fraction of sp³-hybridized carbons (Fsp3) is 0.200. The highest BCUT2D eigenvalue weighted by Crippen LogP contribution is 2.38. The second-order valence-electron chi connectivity index (χ2n) is 4.87. The summed E-state index contributed by atoms with van der Waals surface area (Å²) in [7, 11) is 6.18. The van der Waals surface area contributed by atoms with Crippen LogP contribution in [0.3, 0.4) is 0 Å². The van der Waals surface area contributed by atoms with Crippen molar-refractivity contribution in [2.45, 2.75) is 6.92 Å². The zero-order chi connectivity index (χ0) is 16.6. The van der Waals surface area contributed by atoms with E-state index in [9.17, 15) is 4.39 Å². The van der Waals surface area contributed by atoms with Crippen LogP contribution in [-0.2, 0) is 0 Å². The lowest BCUT2D eigenvalue weighted by Gasteiger charge is -2.08. The quantitative estimate of drug-likeness (QED) is 0.686. The summed E-state index contributed by atoms with van der Waals surface area (Å²) in [6.07, 6.45) is 0. The molecule has 0 saturated heterocycles. The first-order valence-electron chi connectivity index (χ1n) is 6.91. The van der Waals surface area contributed by atoms with Gasteiger partial charge in [0.15, 0.2) is 0 Å².